The highest BCUT2D eigenvalue weighted by Gasteiger charge is 2.73. The third kappa shape index (κ3) is 3.76. The number of rotatable bonds is 7. The van der Waals surface area contributed by atoms with Crippen LogP contribution in [0.3, 0.4) is 0 Å². The fourth-order valence-electron chi connectivity index (χ4n) is 8.02. The molecule has 38 heavy (non-hydrogen) atoms. The summed E-state index contributed by atoms with van der Waals surface area (Å²) in [4.78, 5) is 18.4. The van der Waals surface area contributed by atoms with E-state index in [1.807, 2.05) is 23.1 Å². The summed E-state index contributed by atoms with van der Waals surface area (Å²) in [7, 11) is 0. The molecule has 202 valence electrons. The summed E-state index contributed by atoms with van der Waals surface area (Å²) in [6.07, 6.45) is 4.84. The van der Waals surface area contributed by atoms with Gasteiger partial charge in [0, 0.05) is 24.7 Å². The first-order valence-corrected chi connectivity index (χ1v) is 14.5. The zero-order valence-corrected chi connectivity index (χ0v) is 23.6. The SMILES string of the molecule is C=CCN1CC[C@]23c4c5cccc4O[C@H]2[C@@H](N(CC(C)C)C(=O)Cc2ccc(Cl)c(Cl)c2)CC[C@@]3(O)[C@H]1C5. The minimum Gasteiger partial charge on any atom is -0.487 e. The number of halogens is 2. The first-order valence-electron chi connectivity index (χ1n) is 13.8. The third-order valence-electron chi connectivity index (χ3n) is 9.43. The molecule has 1 saturated heterocycles. The highest BCUT2D eigenvalue weighted by atomic mass is 35.5. The quantitative estimate of drug-likeness (QED) is 0.463. The van der Waals surface area contributed by atoms with Crippen LogP contribution in [0.25, 0.3) is 0 Å². The molecule has 2 heterocycles. The first-order chi connectivity index (χ1) is 18.2. The van der Waals surface area contributed by atoms with Crippen molar-refractivity contribution < 1.29 is 14.6 Å². The zero-order chi connectivity index (χ0) is 26.8. The number of carbonyl (C=O) groups is 1. The van der Waals surface area contributed by atoms with E-state index >= 15 is 0 Å². The number of hydrogen-bond acceptors (Lipinski definition) is 4. The molecule has 5 atom stereocenters. The molecule has 2 aliphatic carbocycles. The lowest BCUT2D eigenvalue weighted by Gasteiger charge is -2.64. The number of ether oxygens (including phenoxy) is 1. The molecule has 1 N–H and O–H groups in total. The topological polar surface area (TPSA) is 53.0 Å². The minimum absolute atomic E-state index is 0.00705. The Hall–Kier alpha value is -2.05. The van der Waals surface area contributed by atoms with Gasteiger partial charge in [0.1, 0.15) is 11.9 Å². The second-order valence-corrected chi connectivity index (χ2v) is 12.8. The molecule has 5 nitrogen and oxygen atoms in total. The summed E-state index contributed by atoms with van der Waals surface area (Å²) in [6.45, 7) is 10.5. The molecule has 0 radical (unpaired) electrons. The molecule has 0 aromatic heterocycles. The average Bonchev–Trinajstić information content (AvgIpc) is 3.21. The van der Waals surface area contributed by atoms with E-state index in [0.29, 0.717) is 35.3 Å². The Kier molecular flexibility index (Phi) is 6.58. The van der Waals surface area contributed by atoms with Crippen molar-refractivity contribution in [1.82, 2.24) is 9.80 Å². The van der Waals surface area contributed by atoms with Crippen molar-refractivity contribution in [2.45, 2.75) is 75.2 Å². The van der Waals surface area contributed by atoms with Crippen LogP contribution < -0.4 is 4.74 Å². The lowest BCUT2D eigenvalue weighted by atomic mass is 9.48. The van der Waals surface area contributed by atoms with Gasteiger partial charge in [-0.3, -0.25) is 9.69 Å². The van der Waals surface area contributed by atoms with Crippen LogP contribution in [0.2, 0.25) is 10.0 Å². The van der Waals surface area contributed by atoms with Gasteiger partial charge in [-0.25, -0.2) is 0 Å². The number of carbonyl (C=O) groups excluding carboxylic acids is 1. The molecule has 4 aliphatic rings. The fourth-order valence-corrected chi connectivity index (χ4v) is 8.34. The molecule has 7 heteroatoms. The predicted molar refractivity (Wildman–Crippen MR) is 151 cm³/mol. The van der Waals surface area contributed by atoms with Gasteiger partial charge in [-0.05, 0) is 67.5 Å². The van der Waals surface area contributed by atoms with Crippen LogP contribution in [-0.4, -0.2) is 64.2 Å². The maximum absolute atomic E-state index is 14.0. The first kappa shape index (κ1) is 26.2. The molecule has 1 saturated carbocycles. The van der Waals surface area contributed by atoms with Crippen molar-refractivity contribution in [3.63, 3.8) is 0 Å². The standard InChI is InChI=1S/C31H36Cl2N2O3/c1-4-13-34-14-12-30-28-21-6-5-7-25(28)38-29(30)24(10-11-31(30,37)26(34)17-21)35(18-19(2)3)27(36)16-20-8-9-22(32)23(33)15-20/h4-9,15,19,24,26,29,37H,1,10-14,16-18H2,2-3H3/t24-,26+,29-,30-,31+/m0/s1. The smallest absolute Gasteiger partial charge is 0.227 e. The fraction of sp³-hybridized carbons (Fsp3) is 0.516. The Bertz CT molecular complexity index is 1280. The van der Waals surface area contributed by atoms with E-state index in [1.165, 1.54) is 11.1 Å². The normalized spacial score (nSPS) is 31.1. The molecule has 2 bridgehead atoms. The highest BCUT2D eigenvalue weighted by Crippen LogP contribution is 2.64. The van der Waals surface area contributed by atoms with Gasteiger partial charge in [0.2, 0.25) is 5.91 Å². The van der Waals surface area contributed by atoms with Crippen LogP contribution >= 0.6 is 23.2 Å². The second-order valence-electron chi connectivity index (χ2n) is 11.9. The van der Waals surface area contributed by atoms with Crippen molar-refractivity contribution in [2.24, 2.45) is 5.92 Å². The Balaban J connectivity index is 1.40. The van der Waals surface area contributed by atoms with E-state index in [9.17, 15) is 9.90 Å². The van der Waals surface area contributed by atoms with Crippen molar-refractivity contribution in [3.05, 3.63) is 75.8 Å². The van der Waals surface area contributed by atoms with E-state index in [1.54, 1.807) is 12.1 Å². The molecular weight excluding hydrogens is 519 g/mol. The Labute approximate surface area is 235 Å². The van der Waals surface area contributed by atoms with Gasteiger partial charge < -0.3 is 14.7 Å². The van der Waals surface area contributed by atoms with Crippen LogP contribution in [0.5, 0.6) is 5.75 Å². The summed E-state index contributed by atoms with van der Waals surface area (Å²) in [6, 6.07) is 11.6. The number of hydrogen-bond donors (Lipinski definition) is 1. The molecule has 0 unspecified atom stereocenters. The molecule has 2 aromatic rings. The molecule has 6 rings (SSSR count). The minimum atomic E-state index is -0.911. The number of amides is 1. The van der Waals surface area contributed by atoms with Crippen LogP contribution in [-0.2, 0) is 23.1 Å². The number of likely N-dealkylation sites (tertiary alicyclic amines) is 1. The molecular formula is C31H36Cl2N2O3. The van der Waals surface area contributed by atoms with Gasteiger partial charge in [-0.2, -0.15) is 0 Å². The van der Waals surface area contributed by atoms with Crippen LogP contribution in [0.1, 0.15) is 49.8 Å². The van der Waals surface area contributed by atoms with Crippen LogP contribution in [0.15, 0.2) is 49.1 Å². The Morgan fingerprint density at radius 1 is 1.26 bits per heavy atom. The molecule has 2 aromatic carbocycles. The van der Waals surface area contributed by atoms with Crippen LogP contribution in [0.4, 0.5) is 0 Å². The summed E-state index contributed by atoms with van der Waals surface area (Å²) >= 11 is 12.4. The third-order valence-corrected chi connectivity index (χ3v) is 10.2. The molecule has 1 spiro atoms. The lowest BCUT2D eigenvalue weighted by molar-refractivity contribution is -0.200. The largest absolute Gasteiger partial charge is 0.487 e. The van der Waals surface area contributed by atoms with Crippen molar-refractivity contribution in [1.29, 1.82) is 0 Å². The van der Waals surface area contributed by atoms with Gasteiger partial charge in [0.05, 0.1) is 33.5 Å². The Morgan fingerprint density at radius 2 is 2.08 bits per heavy atom. The summed E-state index contributed by atoms with van der Waals surface area (Å²) in [5.74, 6) is 1.23. The summed E-state index contributed by atoms with van der Waals surface area (Å²) < 4.78 is 6.82. The summed E-state index contributed by atoms with van der Waals surface area (Å²) in [5.41, 5.74) is 1.86. The second kappa shape index (κ2) is 9.55. The van der Waals surface area contributed by atoms with Gasteiger partial charge >= 0.3 is 0 Å². The lowest BCUT2D eigenvalue weighted by Crippen LogP contribution is -2.78. The van der Waals surface area contributed by atoms with E-state index < -0.39 is 11.0 Å². The average molecular weight is 556 g/mol. The van der Waals surface area contributed by atoms with Gasteiger partial charge in [0.25, 0.3) is 0 Å². The number of aliphatic hydroxyl groups is 1. The number of piperidine rings is 1. The zero-order valence-electron chi connectivity index (χ0n) is 22.1. The van der Waals surface area contributed by atoms with E-state index in [-0.39, 0.29) is 30.5 Å². The van der Waals surface area contributed by atoms with Crippen molar-refractivity contribution in [3.8, 4) is 5.75 Å². The number of benzene rings is 2. The van der Waals surface area contributed by atoms with Crippen molar-refractivity contribution in [2.75, 3.05) is 19.6 Å². The maximum atomic E-state index is 14.0. The van der Waals surface area contributed by atoms with Gasteiger partial charge in [0.15, 0.2) is 0 Å². The summed E-state index contributed by atoms with van der Waals surface area (Å²) in [5, 5.41) is 13.6. The molecule has 2 fully saturated rings. The highest BCUT2D eigenvalue weighted by molar-refractivity contribution is 6.42. The van der Waals surface area contributed by atoms with E-state index in [0.717, 1.165) is 37.2 Å². The van der Waals surface area contributed by atoms with Gasteiger partial charge in [-0.1, -0.05) is 61.3 Å². The number of nitrogens with zero attached hydrogens (tertiary/aromatic N) is 2. The van der Waals surface area contributed by atoms with Crippen LogP contribution in [0, 0.1) is 5.92 Å². The molecule has 1 amide bonds. The monoisotopic (exact) mass is 554 g/mol. The van der Waals surface area contributed by atoms with Crippen molar-refractivity contribution >= 4 is 29.1 Å². The Morgan fingerprint density at radius 3 is 2.82 bits per heavy atom. The van der Waals surface area contributed by atoms with E-state index in [2.05, 4.69) is 37.5 Å². The maximum Gasteiger partial charge on any atom is 0.227 e. The van der Waals surface area contributed by atoms with Gasteiger partial charge in [-0.15, -0.1) is 6.58 Å². The van der Waals surface area contributed by atoms with E-state index in [4.69, 9.17) is 27.9 Å². The predicted octanol–water partition coefficient (Wildman–Crippen LogP) is 5.43. The molecule has 2 aliphatic heterocycles.